The summed E-state index contributed by atoms with van der Waals surface area (Å²) in [5.74, 6) is 0. The lowest BCUT2D eigenvalue weighted by molar-refractivity contribution is 0.174. The predicted molar refractivity (Wildman–Crippen MR) is 65.8 cm³/mol. The van der Waals surface area contributed by atoms with Crippen molar-refractivity contribution in [3.63, 3.8) is 0 Å². The lowest BCUT2D eigenvalue weighted by atomic mass is 10.0. The van der Waals surface area contributed by atoms with Crippen LogP contribution < -0.4 is 4.90 Å². The molecule has 0 saturated carbocycles. The number of pyridine rings is 1. The third kappa shape index (κ3) is 1.80. The molecule has 2 saturated heterocycles. The van der Waals surface area contributed by atoms with E-state index >= 15 is 0 Å². The third-order valence-electron chi connectivity index (χ3n) is 3.81. The number of rotatable bonds is 1. The van der Waals surface area contributed by atoms with Crippen LogP contribution in [0.15, 0.2) is 18.3 Å². The molecule has 0 amide bonds. The number of aryl methyl sites for hydroxylation is 1. The van der Waals surface area contributed by atoms with E-state index in [1.165, 1.54) is 38.2 Å². The van der Waals surface area contributed by atoms with Crippen LogP contribution >= 0.6 is 0 Å². The second-order valence-electron chi connectivity index (χ2n) is 4.95. The smallest absolute Gasteiger partial charge is 0.0556 e. The monoisotopic (exact) mass is 217 g/mol. The van der Waals surface area contributed by atoms with E-state index in [1.54, 1.807) is 0 Å². The highest BCUT2D eigenvalue weighted by molar-refractivity contribution is 5.46. The summed E-state index contributed by atoms with van der Waals surface area (Å²) in [6, 6.07) is 5.05. The molecule has 3 heteroatoms. The first-order valence-electron chi connectivity index (χ1n) is 6.24. The van der Waals surface area contributed by atoms with Gasteiger partial charge in [-0.05, 0) is 38.4 Å². The number of aromatic nitrogens is 1. The fourth-order valence-corrected chi connectivity index (χ4v) is 2.89. The maximum atomic E-state index is 4.40. The van der Waals surface area contributed by atoms with Crippen LogP contribution in [0.4, 0.5) is 5.69 Å². The number of nitrogens with zero attached hydrogens (tertiary/aromatic N) is 3. The zero-order valence-electron chi connectivity index (χ0n) is 9.89. The Balaban J connectivity index is 1.81. The Hall–Kier alpha value is -1.09. The highest BCUT2D eigenvalue weighted by Gasteiger charge is 2.29. The molecule has 2 bridgehead atoms. The number of hydrogen-bond donors (Lipinski definition) is 0. The van der Waals surface area contributed by atoms with Crippen LogP contribution in [0.25, 0.3) is 0 Å². The van der Waals surface area contributed by atoms with Crippen LogP contribution in [0.5, 0.6) is 0 Å². The molecular formula is C13H19N3. The fraction of sp³-hybridized carbons (Fsp3) is 0.615. The number of fused-ring (bicyclic) bond motifs is 2. The average molecular weight is 217 g/mol. The summed E-state index contributed by atoms with van der Waals surface area (Å²) in [7, 11) is 0. The van der Waals surface area contributed by atoms with Crippen molar-refractivity contribution < 1.29 is 0 Å². The Kier molecular flexibility index (Phi) is 2.56. The van der Waals surface area contributed by atoms with Crippen LogP contribution in [0.1, 0.15) is 18.5 Å². The van der Waals surface area contributed by atoms with Crippen LogP contribution in [-0.4, -0.2) is 42.1 Å². The molecule has 16 heavy (non-hydrogen) atoms. The van der Waals surface area contributed by atoms with Gasteiger partial charge in [0.05, 0.1) is 11.9 Å². The lowest BCUT2D eigenvalue weighted by Gasteiger charge is -2.46. The van der Waals surface area contributed by atoms with Gasteiger partial charge in [0.25, 0.3) is 0 Å². The maximum absolute atomic E-state index is 4.40. The van der Waals surface area contributed by atoms with Gasteiger partial charge in [-0.15, -0.1) is 0 Å². The fourth-order valence-electron chi connectivity index (χ4n) is 2.89. The quantitative estimate of drug-likeness (QED) is 0.713. The normalized spacial score (nSPS) is 29.2. The van der Waals surface area contributed by atoms with Gasteiger partial charge in [-0.2, -0.15) is 0 Å². The van der Waals surface area contributed by atoms with E-state index in [-0.39, 0.29) is 0 Å². The molecule has 2 unspecified atom stereocenters. The molecule has 0 aromatic carbocycles. The molecule has 0 N–H and O–H groups in total. The zero-order chi connectivity index (χ0) is 11.0. The van der Waals surface area contributed by atoms with Crippen molar-refractivity contribution in [3.8, 4) is 0 Å². The van der Waals surface area contributed by atoms with E-state index in [4.69, 9.17) is 0 Å². The third-order valence-corrected chi connectivity index (χ3v) is 3.81. The van der Waals surface area contributed by atoms with E-state index in [0.29, 0.717) is 6.04 Å². The second kappa shape index (κ2) is 4.06. The average Bonchev–Trinajstić information content (AvgIpc) is 2.31. The number of piperazine rings is 1. The van der Waals surface area contributed by atoms with Crippen LogP contribution in [0.2, 0.25) is 0 Å². The molecule has 86 valence electrons. The molecule has 2 fully saturated rings. The Morgan fingerprint density at radius 2 is 2.19 bits per heavy atom. The highest BCUT2D eigenvalue weighted by Crippen LogP contribution is 2.25. The lowest BCUT2D eigenvalue weighted by Crippen LogP contribution is -2.56. The number of anilines is 1. The van der Waals surface area contributed by atoms with Gasteiger partial charge in [-0.1, -0.05) is 0 Å². The number of hydrogen-bond acceptors (Lipinski definition) is 3. The van der Waals surface area contributed by atoms with E-state index in [1.807, 2.05) is 13.1 Å². The van der Waals surface area contributed by atoms with Crippen LogP contribution in [-0.2, 0) is 0 Å². The summed E-state index contributed by atoms with van der Waals surface area (Å²) in [5, 5.41) is 0. The highest BCUT2D eigenvalue weighted by atomic mass is 15.3. The Bertz CT molecular complexity index is 360. The van der Waals surface area contributed by atoms with E-state index in [0.717, 1.165) is 12.2 Å². The topological polar surface area (TPSA) is 19.4 Å². The van der Waals surface area contributed by atoms with Crippen molar-refractivity contribution in [3.05, 3.63) is 24.0 Å². The SMILES string of the molecule is Cc1ccc(N2CCN3CCCC2C3)cn1. The van der Waals surface area contributed by atoms with E-state index in [2.05, 4.69) is 26.9 Å². The van der Waals surface area contributed by atoms with Crippen molar-refractivity contribution in [2.75, 3.05) is 31.1 Å². The molecule has 3 heterocycles. The first-order chi connectivity index (χ1) is 7.83. The number of piperidine rings is 1. The molecule has 1 aromatic rings. The van der Waals surface area contributed by atoms with Gasteiger partial charge in [-0.25, -0.2) is 0 Å². The first-order valence-corrected chi connectivity index (χ1v) is 6.24. The van der Waals surface area contributed by atoms with Crippen molar-refractivity contribution in [2.45, 2.75) is 25.8 Å². The minimum Gasteiger partial charge on any atom is -0.365 e. The minimum atomic E-state index is 0.715. The first kappa shape index (κ1) is 10.1. The van der Waals surface area contributed by atoms with Gasteiger partial charge in [0.15, 0.2) is 0 Å². The molecule has 0 radical (unpaired) electrons. The summed E-state index contributed by atoms with van der Waals surface area (Å²) >= 11 is 0. The largest absolute Gasteiger partial charge is 0.365 e. The summed E-state index contributed by atoms with van der Waals surface area (Å²) in [4.78, 5) is 9.54. The van der Waals surface area contributed by atoms with Crippen LogP contribution in [0, 0.1) is 6.92 Å². The molecular weight excluding hydrogens is 198 g/mol. The van der Waals surface area contributed by atoms with Crippen molar-refractivity contribution >= 4 is 5.69 Å². The predicted octanol–water partition coefficient (Wildman–Crippen LogP) is 1.67. The Labute approximate surface area is 97.1 Å². The summed E-state index contributed by atoms with van der Waals surface area (Å²) < 4.78 is 0. The molecule has 3 rings (SSSR count). The van der Waals surface area contributed by atoms with Gasteiger partial charge in [0.1, 0.15) is 0 Å². The van der Waals surface area contributed by atoms with E-state index in [9.17, 15) is 0 Å². The van der Waals surface area contributed by atoms with Gasteiger partial charge < -0.3 is 4.90 Å². The Morgan fingerprint density at radius 3 is 3.00 bits per heavy atom. The standard InChI is InChI=1S/C13H19N3/c1-11-4-5-12(9-14-11)16-8-7-15-6-2-3-13(16)10-15/h4-5,9,13H,2-3,6-8,10H2,1H3. The minimum absolute atomic E-state index is 0.715. The van der Waals surface area contributed by atoms with Gasteiger partial charge >= 0.3 is 0 Å². The summed E-state index contributed by atoms with van der Waals surface area (Å²) in [6.07, 6.45) is 4.71. The Morgan fingerprint density at radius 1 is 1.25 bits per heavy atom. The van der Waals surface area contributed by atoms with Gasteiger partial charge in [-0.3, -0.25) is 9.88 Å². The zero-order valence-corrected chi connectivity index (χ0v) is 9.89. The molecule has 0 spiro atoms. The summed E-state index contributed by atoms with van der Waals surface area (Å²) in [5.41, 5.74) is 2.41. The van der Waals surface area contributed by atoms with E-state index < -0.39 is 0 Å². The molecule has 2 aliphatic heterocycles. The second-order valence-corrected chi connectivity index (χ2v) is 4.95. The van der Waals surface area contributed by atoms with Crippen LogP contribution in [0.3, 0.4) is 0 Å². The van der Waals surface area contributed by atoms with Gasteiger partial charge in [0.2, 0.25) is 0 Å². The molecule has 3 nitrogen and oxygen atoms in total. The molecule has 1 aromatic heterocycles. The summed E-state index contributed by atoms with van der Waals surface area (Å²) in [6.45, 7) is 6.96. The van der Waals surface area contributed by atoms with Crippen molar-refractivity contribution in [1.29, 1.82) is 0 Å². The molecule has 2 atom stereocenters. The molecule has 2 aliphatic rings. The maximum Gasteiger partial charge on any atom is 0.0556 e. The van der Waals surface area contributed by atoms with Crippen molar-refractivity contribution in [1.82, 2.24) is 9.88 Å². The van der Waals surface area contributed by atoms with Crippen molar-refractivity contribution in [2.24, 2.45) is 0 Å². The van der Waals surface area contributed by atoms with Gasteiger partial charge in [0, 0.05) is 31.4 Å². The molecule has 0 aliphatic carbocycles.